The van der Waals surface area contributed by atoms with Crippen molar-refractivity contribution in [2.75, 3.05) is 0 Å². The molecule has 19 heavy (non-hydrogen) atoms. The maximum absolute atomic E-state index is 6.26. The predicted octanol–water partition coefficient (Wildman–Crippen LogP) is 3.93. The van der Waals surface area contributed by atoms with E-state index in [1.807, 2.05) is 24.4 Å². The number of rotatable bonds is 2. The lowest BCUT2D eigenvalue weighted by molar-refractivity contribution is 0.874. The molecule has 2 heterocycles. The van der Waals surface area contributed by atoms with Crippen LogP contribution in [-0.4, -0.2) is 14.3 Å². The first-order valence-corrected chi connectivity index (χ1v) is 6.49. The molecule has 0 aliphatic rings. The van der Waals surface area contributed by atoms with Crippen LogP contribution in [0.25, 0.3) is 11.4 Å². The molecule has 0 radical (unpaired) electrons. The smallest absolute Gasteiger partial charge is 0.0852 e. The summed E-state index contributed by atoms with van der Waals surface area (Å²) in [4.78, 5) is 0. The van der Waals surface area contributed by atoms with Gasteiger partial charge in [0.25, 0.3) is 0 Å². The topological polar surface area (TPSA) is 22.8 Å². The van der Waals surface area contributed by atoms with E-state index < -0.39 is 0 Å². The first-order chi connectivity index (χ1) is 9.16. The van der Waals surface area contributed by atoms with Crippen molar-refractivity contribution >= 4 is 11.6 Å². The average Bonchev–Trinajstić information content (AvgIpc) is 3.02. The van der Waals surface area contributed by atoms with Crippen molar-refractivity contribution in [2.45, 2.75) is 13.8 Å². The Balaban J connectivity index is 2.18. The Kier molecular flexibility index (Phi) is 2.91. The molecule has 3 aromatic rings. The molecule has 0 atom stereocenters. The highest BCUT2D eigenvalue weighted by Crippen LogP contribution is 2.25. The number of hydrogen-bond donors (Lipinski definition) is 0. The van der Waals surface area contributed by atoms with Crippen LogP contribution in [0.3, 0.4) is 0 Å². The molecule has 2 aromatic heterocycles. The fraction of sp³-hybridized carbons (Fsp3) is 0.133. The quantitative estimate of drug-likeness (QED) is 0.692. The molecule has 0 saturated carbocycles. The third kappa shape index (κ3) is 2.06. The fourth-order valence-corrected chi connectivity index (χ4v) is 2.51. The number of aryl methyl sites for hydroxylation is 2. The van der Waals surface area contributed by atoms with E-state index in [1.54, 1.807) is 10.9 Å². The van der Waals surface area contributed by atoms with Gasteiger partial charge in [0.2, 0.25) is 0 Å². The van der Waals surface area contributed by atoms with Crippen LogP contribution in [-0.2, 0) is 0 Å². The normalized spacial score (nSPS) is 10.9. The fourth-order valence-electron chi connectivity index (χ4n) is 2.30. The molecule has 3 nitrogen and oxygen atoms in total. The number of aromatic nitrogens is 3. The van der Waals surface area contributed by atoms with Crippen LogP contribution < -0.4 is 0 Å². The highest BCUT2D eigenvalue weighted by Gasteiger charge is 2.08. The van der Waals surface area contributed by atoms with E-state index in [1.165, 1.54) is 11.4 Å². The molecule has 3 rings (SSSR count). The second kappa shape index (κ2) is 4.59. The molecule has 1 aromatic carbocycles. The third-order valence-electron chi connectivity index (χ3n) is 3.21. The van der Waals surface area contributed by atoms with E-state index in [9.17, 15) is 0 Å². The molecule has 0 fully saturated rings. The average molecular weight is 272 g/mol. The lowest BCUT2D eigenvalue weighted by atomic mass is 10.2. The van der Waals surface area contributed by atoms with Crippen molar-refractivity contribution in [3.63, 3.8) is 0 Å². The van der Waals surface area contributed by atoms with Crippen molar-refractivity contribution in [3.05, 3.63) is 65.2 Å². The second-order valence-corrected chi connectivity index (χ2v) is 4.95. The first-order valence-electron chi connectivity index (χ1n) is 6.12. The number of halogens is 1. The molecule has 0 unspecified atom stereocenters. The molecule has 0 saturated heterocycles. The number of nitrogens with zero attached hydrogens (tertiary/aromatic N) is 3. The minimum atomic E-state index is 0.690. The summed E-state index contributed by atoms with van der Waals surface area (Å²) in [6.45, 7) is 4.18. The van der Waals surface area contributed by atoms with Gasteiger partial charge in [0.1, 0.15) is 0 Å². The van der Waals surface area contributed by atoms with E-state index in [0.717, 1.165) is 11.4 Å². The summed E-state index contributed by atoms with van der Waals surface area (Å²) in [5.41, 5.74) is 4.38. The summed E-state index contributed by atoms with van der Waals surface area (Å²) >= 11 is 6.26. The van der Waals surface area contributed by atoms with Crippen molar-refractivity contribution < 1.29 is 0 Å². The zero-order valence-corrected chi connectivity index (χ0v) is 11.6. The Hall–Kier alpha value is -2.00. The van der Waals surface area contributed by atoms with Gasteiger partial charge in [-0.3, -0.25) is 0 Å². The van der Waals surface area contributed by atoms with E-state index in [4.69, 9.17) is 11.6 Å². The van der Waals surface area contributed by atoms with Gasteiger partial charge in [-0.25, -0.2) is 4.68 Å². The van der Waals surface area contributed by atoms with E-state index in [-0.39, 0.29) is 0 Å². The molecule has 0 spiro atoms. The van der Waals surface area contributed by atoms with Gasteiger partial charge >= 0.3 is 0 Å². The standard InChI is InChI=1S/C15H14ClN3/c1-11-4-5-12(2)19(11)13-6-7-14(16)15(10-13)18-9-3-8-17-18/h3-10H,1-2H3. The molecular weight excluding hydrogens is 258 g/mol. The Morgan fingerprint density at radius 1 is 1.05 bits per heavy atom. The summed E-state index contributed by atoms with van der Waals surface area (Å²) in [6, 6.07) is 12.1. The summed E-state index contributed by atoms with van der Waals surface area (Å²) < 4.78 is 3.98. The SMILES string of the molecule is Cc1ccc(C)n1-c1ccc(Cl)c(-n2cccn2)c1. The van der Waals surface area contributed by atoms with Crippen LogP contribution in [0.2, 0.25) is 5.02 Å². The highest BCUT2D eigenvalue weighted by molar-refractivity contribution is 6.32. The third-order valence-corrected chi connectivity index (χ3v) is 3.53. The maximum Gasteiger partial charge on any atom is 0.0852 e. The Labute approximate surface area is 117 Å². The predicted molar refractivity (Wildman–Crippen MR) is 77.4 cm³/mol. The Morgan fingerprint density at radius 3 is 2.42 bits per heavy atom. The monoisotopic (exact) mass is 271 g/mol. The lowest BCUT2D eigenvalue weighted by Gasteiger charge is -2.12. The largest absolute Gasteiger partial charge is 0.318 e. The number of hydrogen-bond acceptors (Lipinski definition) is 1. The van der Waals surface area contributed by atoms with Crippen LogP contribution in [0.4, 0.5) is 0 Å². The molecule has 0 bridgehead atoms. The van der Waals surface area contributed by atoms with Gasteiger partial charge < -0.3 is 4.57 Å². The zero-order valence-electron chi connectivity index (χ0n) is 10.8. The van der Waals surface area contributed by atoms with Crippen molar-refractivity contribution in [1.29, 1.82) is 0 Å². The van der Waals surface area contributed by atoms with Gasteiger partial charge in [-0.05, 0) is 50.2 Å². The van der Waals surface area contributed by atoms with E-state index in [2.05, 4.69) is 41.7 Å². The summed E-state index contributed by atoms with van der Waals surface area (Å²) in [7, 11) is 0. The van der Waals surface area contributed by atoms with Crippen molar-refractivity contribution in [1.82, 2.24) is 14.3 Å². The molecule has 0 aliphatic carbocycles. The Bertz CT molecular complexity index is 692. The maximum atomic E-state index is 6.26. The Morgan fingerprint density at radius 2 is 1.79 bits per heavy atom. The van der Waals surface area contributed by atoms with Gasteiger partial charge in [-0.2, -0.15) is 5.10 Å². The van der Waals surface area contributed by atoms with Gasteiger partial charge in [0.05, 0.1) is 10.7 Å². The van der Waals surface area contributed by atoms with Gasteiger partial charge in [0.15, 0.2) is 0 Å². The highest BCUT2D eigenvalue weighted by atomic mass is 35.5. The van der Waals surface area contributed by atoms with Crippen molar-refractivity contribution in [3.8, 4) is 11.4 Å². The molecule has 0 amide bonds. The lowest BCUT2D eigenvalue weighted by Crippen LogP contribution is -2.02. The zero-order chi connectivity index (χ0) is 13.4. The van der Waals surface area contributed by atoms with Crippen LogP contribution in [0.1, 0.15) is 11.4 Å². The van der Waals surface area contributed by atoms with Crippen LogP contribution in [0.15, 0.2) is 48.8 Å². The number of benzene rings is 1. The summed E-state index contributed by atoms with van der Waals surface area (Å²) in [5, 5.41) is 4.93. The molecule has 0 aliphatic heterocycles. The van der Waals surface area contributed by atoms with E-state index in [0.29, 0.717) is 5.02 Å². The molecular formula is C15H14ClN3. The van der Waals surface area contributed by atoms with Crippen molar-refractivity contribution in [2.24, 2.45) is 0 Å². The minimum Gasteiger partial charge on any atom is -0.318 e. The van der Waals surface area contributed by atoms with Crippen LogP contribution in [0.5, 0.6) is 0 Å². The first kappa shape index (κ1) is 12.1. The van der Waals surface area contributed by atoms with Crippen LogP contribution >= 0.6 is 11.6 Å². The molecule has 4 heteroatoms. The van der Waals surface area contributed by atoms with Crippen LogP contribution in [0, 0.1) is 13.8 Å². The molecule has 96 valence electrons. The minimum absolute atomic E-state index is 0.690. The van der Waals surface area contributed by atoms with Gasteiger partial charge in [-0.1, -0.05) is 11.6 Å². The van der Waals surface area contributed by atoms with Gasteiger partial charge in [0, 0.05) is 29.5 Å². The second-order valence-electron chi connectivity index (χ2n) is 4.54. The summed E-state index contributed by atoms with van der Waals surface area (Å²) in [6.07, 6.45) is 3.63. The molecule has 0 N–H and O–H groups in total. The summed E-state index contributed by atoms with van der Waals surface area (Å²) in [5.74, 6) is 0. The van der Waals surface area contributed by atoms with Gasteiger partial charge in [-0.15, -0.1) is 0 Å². The van der Waals surface area contributed by atoms with E-state index >= 15 is 0 Å².